The van der Waals surface area contributed by atoms with Crippen molar-refractivity contribution in [2.75, 3.05) is 11.9 Å². The molecule has 0 radical (unpaired) electrons. The normalized spacial score (nSPS) is 11.4. The SMILES string of the molecule is Cc1nn(C)c(NCc2cccnc2OCC(F)(F)F)c1[N+](=O)[O-]. The molecule has 0 aliphatic carbocycles. The quantitative estimate of drug-likeness (QED) is 0.639. The molecule has 2 rings (SSSR count). The van der Waals surface area contributed by atoms with Crippen molar-refractivity contribution in [2.45, 2.75) is 19.6 Å². The maximum atomic E-state index is 12.3. The molecule has 0 atom stereocenters. The summed E-state index contributed by atoms with van der Waals surface area (Å²) in [5.74, 6) is -0.0491. The Bertz CT molecular complexity index is 745. The lowest BCUT2D eigenvalue weighted by molar-refractivity contribution is -0.384. The summed E-state index contributed by atoms with van der Waals surface area (Å²) in [6, 6.07) is 3.04. The summed E-state index contributed by atoms with van der Waals surface area (Å²) in [4.78, 5) is 14.3. The van der Waals surface area contributed by atoms with Gasteiger partial charge in [0.2, 0.25) is 11.7 Å². The van der Waals surface area contributed by atoms with Crippen LogP contribution >= 0.6 is 0 Å². The number of halogens is 3. The smallest absolute Gasteiger partial charge is 0.422 e. The van der Waals surface area contributed by atoms with Gasteiger partial charge in [-0.2, -0.15) is 18.3 Å². The number of nitro groups is 1. The maximum absolute atomic E-state index is 12.3. The lowest BCUT2D eigenvalue weighted by Crippen LogP contribution is -2.20. The molecule has 0 saturated heterocycles. The van der Waals surface area contributed by atoms with Crippen molar-refractivity contribution in [2.24, 2.45) is 7.05 Å². The van der Waals surface area contributed by atoms with Gasteiger partial charge in [-0.05, 0) is 13.0 Å². The van der Waals surface area contributed by atoms with Gasteiger partial charge in [0.1, 0.15) is 5.69 Å². The number of pyridine rings is 1. The first kappa shape index (κ1) is 17.5. The Morgan fingerprint density at radius 3 is 2.79 bits per heavy atom. The van der Waals surface area contributed by atoms with E-state index in [-0.39, 0.29) is 29.6 Å². The fourth-order valence-electron chi connectivity index (χ4n) is 2.08. The number of aryl methyl sites for hydroxylation is 2. The zero-order valence-corrected chi connectivity index (χ0v) is 12.8. The summed E-state index contributed by atoms with van der Waals surface area (Å²) in [7, 11) is 1.52. The minimum atomic E-state index is -4.49. The monoisotopic (exact) mass is 345 g/mol. The third kappa shape index (κ3) is 4.12. The van der Waals surface area contributed by atoms with Crippen LogP contribution in [0.2, 0.25) is 0 Å². The molecule has 130 valence electrons. The van der Waals surface area contributed by atoms with Crippen molar-refractivity contribution in [3.05, 3.63) is 39.7 Å². The van der Waals surface area contributed by atoms with Crippen LogP contribution in [0.15, 0.2) is 18.3 Å². The van der Waals surface area contributed by atoms with Crippen LogP contribution in [0.25, 0.3) is 0 Å². The number of anilines is 1. The molecule has 0 aliphatic rings. The number of aromatic nitrogens is 3. The summed E-state index contributed by atoms with van der Waals surface area (Å²) in [6.45, 7) is 0.00802. The molecular formula is C13H14F3N5O3. The van der Waals surface area contributed by atoms with Crippen molar-refractivity contribution >= 4 is 11.5 Å². The van der Waals surface area contributed by atoms with Crippen LogP contribution in [0.4, 0.5) is 24.7 Å². The lowest BCUT2D eigenvalue weighted by Gasteiger charge is -2.12. The van der Waals surface area contributed by atoms with Gasteiger partial charge in [0, 0.05) is 25.4 Å². The van der Waals surface area contributed by atoms with Gasteiger partial charge in [-0.25, -0.2) is 9.67 Å². The van der Waals surface area contributed by atoms with E-state index in [1.54, 1.807) is 0 Å². The second-order valence-electron chi connectivity index (χ2n) is 4.89. The Kier molecular flexibility index (Phi) is 4.90. The first-order valence-corrected chi connectivity index (χ1v) is 6.74. The van der Waals surface area contributed by atoms with E-state index < -0.39 is 17.7 Å². The van der Waals surface area contributed by atoms with Crippen LogP contribution < -0.4 is 10.1 Å². The second kappa shape index (κ2) is 6.72. The molecule has 11 heteroatoms. The second-order valence-corrected chi connectivity index (χ2v) is 4.89. The molecule has 2 heterocycles. The van der Waals surface area contributed by atoms with Gasteiger partial charge in [0.25, 0.3) is 0 Å². The summed E-state index contributed by atoms with van der Waals surface area (Å²) in [5.41, 5.74) is 0.360. The lowest BCUT2D eigenvalue weighted by atomic mass is 10.2. The van der Waals surface area contributed by atoms with Gasteiger partial charge in [-0.15, -0.1) is 0 Å². The van der Waals surface area contributed by atoms with E-state index in [9.17, 15) is 23.3 Å². The van der Waals surface area contributed by atoms with E-state index >= 15 is 0 Å². The Morgan fingerprint density at radius 1 is 1.46 bits per heavy atom. The van der Waals surface area contributed by atoms with Crippen LogP contribution in [0.1, 0.15) is 11.3 Å². The number of alkyl halides is 3. The van der Waals surface area contributed by atoms with Gasteiger partial charge >= 0.3 is 11.9 Å². The first-order chi connectivity index (χ1) is 11.2. The van der Waals surface area contributed by atoms with Crippen molar-refractivity contribution in [1.29, 1.82) is 0 Å². The predicted octanol–water partition coefficient (Wildman–Crippen LogP) is 2.58. The number of nitrogens with one attached hydrogen (secondary N) is 1. The minimum Gasteiger partial charge on any atom is -0.468 e. The number of hydrogen-bond acceptors (Lipinski definition) is 6. The molecule has 0 bridgehead atoms. The molecule has 1 N–H and O–H groups in total. The number of hydrogen-bond donors (Lipinski definition) is 1. The molecule has 0 fully saturated rings. The van der Waals surface area contributed by atoms with Gasteiger partial charge in [-0.1, -0.05) is 6.07 Å². The van der Waals surface area contributed by atoms with Crippen LogP contribution in [0, 0.1) is 17.0 Å². The molecule has 0 aromatic carbocycles. The van der Waals surface area contributed by atoms with Crippen molar-refractivity contribution in [3.63, 3.8) is 0 Å². The molecule has 0 saturated carbocycles. The van der Waals surface area contributed by atoms with E-state index in [0.29, 0.717) is 5.56 Å². The third-order valence-corrected chi connectivity index (χ3v) is 3.04. The molecule has 2 aromatic rings. The first-order valence-electron chi connectivity index (χ1n) is 6.74. The topological polar surface area (TPSA) is 95.1 Å². The van der Waals surface area contributed by atoms with Gasteiger partial charge in [0.05, 0.1) is 4.92 Å². The molecule has 0 aliphatic heterocycles. The largest absolute Gasteiger partial charge is 0.468 e. The summed E-state index contributed by atoms with van der Waals surface area (Å²) in [6.07, 6.45) is -3.19. The molecule has 8 nitrogen and oxygen atoms in total. The van der Waals surface area contributed by atoms with Gasteiger partial charge in [0.15, 0.2) is 6.61 Å². The summed E-state index contributed by atoms with van der Waals surface area (Å²) in [5, 5.41) is 17.8. The Morgan fingerprint density at radius 2 is 2.17 bits per heavy atom. The molecular weight excluding hydrogens is 331 g/mol. The molecule has 0 spiro atoms. The van der Waals surface area contributed by atoms with Crippen molar-refractivity contribution in [3.8, 4) is 5.88 Å². The average molecular weight is 345 g/mol. The predicted molar refractivity (Wildman–Crippen MR) is 77.7 cm³/mol. The van der Waals surface area contributed by atoms with E-state index in [1.807, 2.05) is 0 Å². The molecule has 24 heavy (non-hydrogen) atoms. The van der Waals surface area contributed by atoms with Crippen LogP contribution in [-0.4, -0.2) is 32.5 Å². The third-order valence-electron chi connectivity index (χ3n) is 3.04. The highest BCUT2D eigenvalue weighted by molar-refractivity contribution is 5.59. The zero-order chi connectivity index (χ0) is 17.9. The fourth-order valence-corrected chi connectivity index (χ4v) is 2.08. The number of rotatable bonds is 6. The van der Waals surface area contributed by atoms with Crippen LogP contribution in [0.5, 0.6) is 5.88 Å². The highest BCUT2D eigenvalue weighted by Crippen LogP contribution is 2.28. The van der Waals surface area contributed by atoms with Gasteiger partial charge in [-0.3, -0.25) is 10.1 Å². The van der Waals surface area contributed by atoms with Crippen molar-refractivity contribution < 1.29 is 22.8 Å². The van der Waals surface area contributed by atoms with E-state index in [4.69, 9.17) is 0 Å². The van der Waals surface area contributed by atoms with Crippen molar-refractivity contribution in [1.82, 2.24) is 14.8 Å². The maximum Gasteiger partial charge on any atom is 0.422 e. The molecule has 0 unspecified atom stereocenters. The molecule has 2 aromatic heterocycles. The van der Waals surface area contributed by atoms with Crippen LogP contribution in [0.3, 0.4) is 0 Å². The van der Waals surface area contributed by atoms with Gasteiger partial charge < -0.3 is 10.1 Å². The standard InChI is InChI=1S/C13H14F3N5O3/c1-8-10(21(22)23)11(20(2)19-8)18-6-9-4-3-5-17-12(9)24-7-13(14,15)16/h3-5,18H,6-7H2,1-2H3. The Balaban J connectivity index is 2.17. The average Bonchev–Trinajstić information content (AvgIpc) is 2.77. The highest BCUT2D eigenvalue weighted by Gasteiger charge is 2.29. The highest BCUT2D eigenvalue weighted by atomic mass is 19.4. The molecule has 0 amide bonds. The van der Waals surface area contributed by atoms with E-state index in [1.165, 1.54) is 37.0 Å². The number of ether oxygens (including phenoxy) is 1. The van der Waals surface area contributed by atoms with Crippen LogP contribution in [-0.2, 0) is 13.6 Å². The van der Waals surface area contributed by atoms with E-state index in [0.717, 1.165) is 0 Å². The summed E-state index contributed by atoms with van der Waals surface area (Å²) < 4.78 is 42.8. The zero-order valence-electron chi connectivity index (χ0n) is 12.8. The Labute approximate surface area is 134 Å². The fraction of sp³-hybridized carbons (Fsp3) is 0.385. The minimum absolute atomic E-state index is 0.0131. The van der Waals surface area contributed by atoms with E-state index in [2.05, 4.69) is 20.1 Å². The number of nitrogens with zero attached hydrogens (tertiary/aromatic N) is 4. The Hall–Kier alpha value is -2.85. The summed E-state index contributed by atoms with van der Waals surface area (Å²) >= 11 is 0.